The van der Waals surface area contributed by atoms with E-state index in [1.807, 2.05) is 0 Å². The Morgan fingerprint density at radius 3 is 2.67 bits per heavy atom. The maximum absolute atomic E-state index is 12.0. The topological polar surface area (TPSA) is 110 Å². The van der Waals surface area contributed by atoms with Crippen LogP contribution in [0.2, 0.25) is 0 Å². The minimum Gasteiger partial charge on any atom is -0.360 e. The highest BCUT2D eigenvalue weighted by atomic mass is 35.5. The molecule has 2 rings (SSSR count). The maximum Gasteiger partial charge on any atom is 0.238 e. The van der Waals surface area contributed by atoms with Crippen LogP contribution in [0.3, 0.4) is 0 Å². The molecular formula is C15H25ClN4O3S. The Bertz CT molecular complexity index is 547. The summed E-state index contributed by atoms with van der Waals surface area (Å²) in [5.74, 6) is 1.05. The average molecular weight is 377 g/mol. The molecule has 0 radical (unpaired) electrons. The monoisotopic (exact) mass is 376 g/mol. The van der Waals surface area contributed by atoms with Crippen molar-refractivity contribution in [2.75, 3.05) is 11.1 Å². The predicted molar refractivity (Wildman–Crippen MR) is 97.4 cm³/mol. The predicted octanol–water partition coefficient (Wildman–Crippen LogP) is 1.85. The van der Waals surface area contributed by atoms with Gasteiger partial charge in [0.25, 0.3) is 0 Å². The van der Waals surface area contributed by atoms with Crippen molar-refractivity contribution in [1.29, 1.82) is 0 Å². The molecule has 0 saturated heterocycles. The molecule has 7 nitrogen and oxygen atoms in total. The van der Waals surface area contributed by atoms with Crippen molar-refractivity contribution >= 4 is 41.8 Å². The second kappa shape index (κ2) is 9.90. The van der Waals surface area contributed by atoms with Gasteiger partial charge in [0, 0.05) is 18.2 Å². The van der Waals surface area contributed by atoms with Crippen molar-refractivity contribution in [2.24, 2.45) is 5.73 Å². The van der Waals surface area contributed by atoms with Gasteiger partial charge in [-0.2, -0.15) is 0 Å². The second-order valence-electron chi connectivity index (χ2n) is 5.94. The SMILES string of the molecule is Cc1cc(NC(=O)C(C)SCC(=O)NC2CCC(N)CC2)no1.Cl. The van der Waals surface area contributed by atoms with Crippen molar-refractivity contribution in [1.82, 2.24) is 10.5 Å². The van der Waals surface area contributed by atoms with Crippen LogP contribution in [0.15, 0.2) is 10.6 Å². The fourth-order valence-electron chi connectivity index (χ4n) is 2.46. The van der Waals surface area contributed by atoms with Crippen LogP contribution in [0, 0.1) is 6.92 Å². The van der Waals surface area contributed by atoms with Crippen molar-refractivity contribution in [2.45, 2.75) is 56.9 Å². The number of carbonyl (C=O) groups is 2. The third-order valence-electron chi connectivity index (χ3n) is 3.85. The molecule has 1 saturated carbocycles. The van der Waals surface area contributed by atoms with Crippen molar-refractivity contribution in [3.8, 4) is 0 Å². The molecular weight excluding hydrogens is 352 g/mol. The smallest absolute Gasteiger partial charge is 0.238 e. The van der Waals surface area contributed by atoms with Gasteiger partial charge in [-0.05, 0) is 39.5 Å². The summed E-state index contributed by atoms with van der Waals surface area (Å²) in [7, 11) is 0. The molecule has 0 aliphatic heterocycles. The Kier molecular flexibility index (Phi) is 8.58. The summed E-state index contributed by atoms with van der Waals surface area (Å²) in [6.07, 6.45) is 3.76. The van der Waals surface area contributed by atoms with Crippen LogP contribution >= 0.6 is 24.2 Å². The Hall–Kier alpha value is -1.25. The first-order chi connectivity index (χ1) is 10.9. The van der Waals surface area contributed by atoms with Crippen LogP contribution in [0.1, 0.15) is 38.4 Å². The molecule has 1 fully saturated rings. The van der Waals surface area contributed by atoms with E-state index in [9.17, 15) is 9.59 Å². The number of aryl methyl sites for hydroxylation is 1. The highest BCUT2D eigenvalue weighted by Gasteiger charge is 2.21. The summed E-state index contributed by atoms with van der Waals surface area (Å²) in [4.78, 5) is 24.0. The van der Waals surface area contributed by atoms with Crippen LogP contribution in [0.25, 0.3) is 0 Å². The van der Waals surface area contributed by atoms with Gasteiger partial charge in [0.05, 0.1) is 11.0 Å². The number of thioether (sulfide) groups is 1. The normalized spacial score (nSPS) is 21.5. The molecule has 0 spiro atoms. The van der Waals surface area contributed by atoms with Gasteiger partial charge in [-0.3, -0.25) is 9.59 Å². The first kappa shape index (κ1) is 20.8. The van der Waals surface area contributed by atoms with E-state index >= 15 is 0 Å². The van der Waals surface area contributed by atoms with E-state index in [-0.39, 0.29) is 47.3 Å². The molecule has 1 aromatic heterocycles. The highest BCUT2D eigenvalue weighted by molar-refractivity contribution is 8.01. The molecule has 1 unspecified atom stereocenters. The fraction of sp³-hybridized carbons (Fsp3) is 0.667. The molecule has 136 valence electrons. The molecule has 9 heteroatoms. The van der Waals surface area contributed by atoms with E-state index in [2.05, 4.69) is 15.8 Å². The van der Waals surface area contributed by atoms with Crippen molar-refractivity contribution < 1.29 is 14.1 Å². The quantitative estimate of drug-likeness (QED) is 0.698. The molecule has 1 aliphatic rings. The Labute approximate surface area is 152 Å². The summed E-state index contributed by atoms with van der Waals surface area (Å²) in [6.45, 7) is 3.52. The summed E-state index contributed by atoms with van der Waals surface area (Å²) in [6, 6.07) is 2.13. The van der Waals surface area contributed by atoms with Crippen LogP contribution in [0.4, 0.5) is 5.82 Å². The number of rotatable bonds is 6. The van der Waals surface area contributed by atoms with Gasteiger partial charge < -0.3 is 20.9 Å². The number of nitrogens with zero attached hydrogens (tertiary/aromatic N) is 1. The second-order valence-corrected chi connectivity index (χ2v) is 7.27. The van der Waals surface area contributed by atoms with E-state index in [1.165, 1.54) is 11.8 Å². The average Bonchev–Trinajstić information content (AvgIpc) is 2.92. The number of halogens is 1. The van der Waals surface area contributed by atoms with Gasteiger partial charge in [-0.25, -0.2) is 0 Å². The largest absolute Gasteiger partial charge is 0.360 e. The summed E-state index contributed by atoms with van der Waals surface area (Å²) in [5.41, 5.74) is 5.85. The zero-order chi connectivity index (χ0) is 16.8. The number of aromatic nitrogens is 1. The lowest BCUT2D eigenvalue weighted by Gasteiger charge is -2.26. The molecule has 2 amide bonds. The number of anilines is 1. The lowest BCUT2D eigenvalue weighted by molar-refractivity contribution is -0.119. The number of hydrogen-bond donors (Lipinski definition) is 3. The van der Waals surface area contributed by atoms with E-state index in [0.29, 0.717) is 11.6 Å². The minimum atomic E-state index is -0.350. The number of nitrogens with one attached hydrogen (secondary N) is 2. The fourth-order valence-corrected chi connectivity index (χ4v) is 3.16. The van der Waals surface area contributed by atoms with Gasteiger partial charge >= 0.3 is 0 Å². The van der Waals surface area contributed by atoms with E-state index in [4.69, 9.17) is 10.3 Å². The summed E-state index contributed by atoms with van der Waals surface area (Å²) < 4.78 is 4.89. The lowest BCUT2D eigenvalue weighted by atomic mass is 9.92. The minimum absolute atomic E-state index is 0. The Morgan fingerprint density at radius 2 is 2.08 bits per heavy atom. The molecule has 1 aromatic rings. The third kappa shape index (κ3) is 6.70. The molecule has 0 aromatic carbocycles. The number of amides is 2. The van der Waals surface area contributed by atoms with Gasteiger partial charge in [-0.15, -0.1) is 24.2 Å². The van der Waals surface area contributed by atoms with Crippen LogP contribution in [-0.4, -0.2) is 40.1 Å². The molecule has 1 atom stereocenters. The molecule has 24 heavy (non-hydrogen) atoms. The third-order valence-corrected chi connectivity index (χ3v) is 4.99. The van der Waals surface area contributed by atoms with Gasteiger partial charge in [0.15, 0.2) is 5.82 Å². The molecule has 4 N–H and O–H groups in total. The lowest BCUT2D eigenvalue weighted by Crippen LogP contribution is -2.41. The maximum atomic E-state index is 12.0. The molecule has 1 heterocycles. The number of carbonyl (C=O) groups excluding carboxylic acids is 2. The first-order valence-electron chi connectivity index (χ1n) is 7.84. The van der Waals surface area contributed by atoms with Crippen molar-refractivity contribution in [3.05, 3.63) is 11.8 Å². The molecule has 0 bridgehead atoms. The van der Waals surface area contributed by atoms with E-state index in [1.54, 1.807) is 19.9 Å². The number of nitrogens with two attached hydrogens (primary N) is 1. The van der Waals surface area contributed by atoms with Crippen LogP contribution in [-0.2, 0) is 9.59 Å². The summed E-state index contributed by atoms with van der Waals surface area (Å²) >= 11 is 1.30. The Balaban J connectivity index is 0.00000288. The molecule has 1 aliphatic carbocycles. The zero-order valence-corrected chi connectivity index (χ0v) is 15.5. The van der Waals surface area contributed by atoms with Gasteiger partial charge in [0.1, 0.15) is 5.76 Å². The van der Waals surface area contributed by atoms with E-state index in [0.717, 1.165) is 25.7 Å². The summed E-state index contributed by atoms with van der Waals surface area (Å²) in [5, 5.41) is 9.04. The van der Waals surface area contributed by atoms with E-state index < -0.39 is 0 Å². The highest BCUT2D eigenvalue weighted by Crippen LogP contribution is 2.18. The zero-order valence-electron chi connectivity index (χ0n) is 13.9. The van der Waals surface area contributed by atoms with Crippen LogP contribution in [0.5, 0.6) is 0 Å². The standard InChI is InChI=1S/C15H24N4O3S.ClH/c1-9-7-13(19-22-9)18-15(21)10(2)23-8-14(20)17-12-5-3-11(16)4-6-12;/h7,10-12H,3-6,8,16H2,1-2H3,(H,17,20)(H,18,19,21);1H. The van der Waals surface area contributed by atoms with Gasteiger partial charge in [-0.1, -0.05) is 5.16 Å². The Morgan fingerprint density at radius 1 is 1.42 bits per heavy atom. The first-order valence-corrected chi connectivity index (χ1v) is 8.89. The number of hydrogen-bond acceptors (Lipinski definition) is 6. The van der Waals surface area contributed by atoms with Crippen molar-refractivity contribution in [3.63, 3.8) is 0 Å². The van der Waals surface area contributed by atoms with Crippen LogP contribution < -0.4 is 16.4 Å². The van der Waals surface area contributed by atoms with Gasteiger partial charge in [0.2, 0.25) is 11.8 Å².